The van der Waals surface area contributed by atoms with Crippen molar-refractivity contribution in [1.82, 2.24) is 10.2 Å². The van der Waals surface area contributed by atoms with Crippen molar-refractivity contribution in [2.45, 2.75) is 39.8 Å². The number of benzene rings is 2. The van der Waals surface area contributed by atoms with E-state index in [4.69, 9.17) is 0 Å². The van der Waals surface area contributed by atoms with Gasteiger partial charge in [0.1, 0.15) is 12.6 Å². The number of hydrogen-bond acceptors (Lipinski definition) is 4. The van der Waals surface area contributed by atoms with Crippen LogP contribution in [-0.4, -0.2) is 51.0 Å². The van der Waals surface area contributed by atoms with Gasteiger partial charge in [0.15, 0.2) is 0 Å². The van der Waals surface area contributed by atoms with E-state index in [9.17, 15) is 18.0 Å². The minimum Gasteiger partial charge on any atom is -0.357 e. The zero-order valence-corrected chi connectivity index (χ0v) is 19.6. The Labute approximate surface area is 185 Å². The van der Waals surface area contributed by atoms with Gasteiger partial charge in [0, 0.05) is 13.6 Å². The maximum atomic E-state index is 13.4. The molecule has 2 rings (SSSR count). The Bertz CT molecular complexity index is 1040. The number of carbonyl (C=O) groups is 2. The molecule has 7 nitrogen and oxygen atoms in total. The highest BCUT2D eigenvalue weighted by Crippen LogP contribution is 2.21. The summed E-state index contributed by atoms with van der Waals surface area (Å²) in [7, 11) is -2.19. The van der Waals surface area contributed by atoms with Gasteiger partial charge in [-0.3, -0.25) is 13.9 Å². The van der Waals surface area contributed by atoms with Crippen molar-refractivity contribution in [2.24, 2.45) is 0 Å². The number of nitrogens with zero attached hydrogens (tertiary/aromatic N) is 2. The van der Waals surface area contributed by atoms with Gasteiger partial charge < -0.3 is 10.2 Å². The van der Waals surface area contributed by atoms with Crippen LogP contribution in [0.3, 0.4) is 0 Å². The van der Waals surface area contributed by atoms with E-state index >= 15 is 0 Å². The molecule has 2 aromatic rings. The second-order valence-corrected chi connectivity index (χ2v) is 9.50. The smallest absolute Gasteiger partial charge is 0.244 e. The summed E-state index contributed by atoms with van der Waals surface area (Å²) >= 11 is 0. The number of likely N-dealkylation sites (N-methyl/N-ethyl adjacent to an activating group) is 1. The molecule has 0 aliphatic carbocycles. The molecule has 0 saturated carbocycles. The highest BCUT2D eigenvalue weighted by Gasteiger charge is 2.31. The van der Waals surface area contributed by atoms with Crippen molar-refractivity contribution in [3.05, 3.63) is 65.2 Å². The van der Waals surface area contributed by atoms with Crippen LogP contribution in [0, 0.1) is 13.8 Å². The summed E-state index contributed by atoms with van der Waals surface area (Å²) in [4.78, 5) is 27.4. The molecule has 0 aliphatic heterocycles. The molecule has 0 bridgehead atoms. The Hall–Kier alpha value is -2.87. The van der Waals surface area contributed by atoms with Gasteiger partial charge in [-0.15, -0.1) is 0 Å². The highest BCUT2D eigenvalue weighted by molar-refractivity contribution is 7.92. The van der Waals surface area contributed by atoms with E-state index in [1.165, 1.54) is 11.9 Å². The van der Waals surface area contributed by atoms with Crippen LogP contribution in [0.25, 0.3) is 0 Å². The van der Waals surface area contributed by atoms with E-state index < -0.39 is 22.0 Å². The second-order valence-electron chi connectivity index (χ2n) is 7.60. The molecule has 0 aromatic heterocycles. The maximum Gasteiger partial charge on any atom is 0.244 e. The maximum absolute atomic E-state index is 13.4. The van der Waals surface area contributed by atoms with Crippen molar-refractivity contribution in [1.29, 1.82) is 0 Å². The van der Waals surface area contributed by atoms with Crippen LogP contribution in [-0.2, 0) is 26.2 Å². The number of carbonyl (C=O) groups excluding carboxylic acids is 2. The molecule has 0 fully saturated rings. The average molecular weight is 446 g/mol. The molecule has 1 N–H and O–H groups in total. The fourth-order valence-electron chi connectivity index (χ4n) is 3.45. The third kappa shape index (κ3) is 6.30. The van der Waals surface area contributed by atoms with Crippen molar-refractivity contribution in [3.63, 3.8) is 0 Å². The van der Waals surface area contributed by atoms with Gasteiger partial charge in [0.2, 0.25) is 21.8 Å². The largest absolute Gasteiger partial charge is 0.357 e. The quantitative estimate of drug-likeness (QED) is 0.643. The van der Waals surface area contributed by atoms with E-state index in [2.05, 4.69) is 5.32 Å². The molecule has 1 atom stereocenters. The van der Waals surface area contributed by atoms with Crippen LogP contribution >= 0.6 is 0 Å². The van der Waals surface area contributed by atoms with E-state index in [0.29, 0.717) is 12.1 Å². The first-order valence-electron chi connectivity index (χ1n) is 10.2. The Morgan fingerprint density at radius 3 is 2.29 bits per heavy atom. The minimum absolute atomic E-state index is 0.211. The fraction of sp³-hybridized carbons (Fsp3) is 0.391. The summed E-state index contributed by atoms with van der Waals surface area (Å²) in [6, 6.07) is 13.9. The third-order valence-corrected chi connectivity index (χ3v) is 6.34. The van der Waals surface area contributed by atoms with Crippen LogP contribution in [0.15, 0.2) is 48.5 Å². The van der Waals surface area contributed by atoms with Crippen LogP contribution in [0.1, 0.15) is 30.0 Å². The van der Waals surface area contributed by atoms with Crippen LogP contribution < -0.4 is 9.62 Å². The zero-order valence-electron chi connectivity index (χ0n) is 18.8. The number of nitrogens with one attached hydrogen (secondary N) is 1. The lowest BCUT2D eigenvalue weighted by molar-refractivity contribution is -0.140. The molecule has 2 amide bonds. The van der Waals surface area contributed by atoms with E-state index in [-0.39, 0.29) is 19.0 Å². The first-order valence-corrected chi connectivity index (χ1v) is 12.0. The molecular weight excluding hydrogens is 414 g/mol. The molecular formula is C23H31N3O4S. The van der Waals surface area contributed by atoms with Crippen molar-refractivity contribution < 1.29 is 18.0 Å². The molecule has 31 heavy (non-hydrogen) atoms. The highest BCUT2D eigenvalue weighted by atomic mass is 32.2. The summed E-state index contributed by atoms with van der Waals surface area (Å²) in [5.74, 6) is -0.725. The van der Waals surface area contributed by atoms with Crippen molar-refractivity contribution in [3.8, 4) is 0 Å². The zero-order chi connectivity index (χ0) is 23.2. The topological polar surface area (TPSA) is 86.8 Å². The Morgan fingerprint density at radius 1 is 1.06 bits per heavy atom. The summed E-state index contributed by atoms with van der Waals surface area (Å²) in [5, 5.41) is 2.61. The van der Waals surface area contributed by atoms with Gasteiger partial charge in [-0.05, 0) is 49.1 Å². The monoisotopic (exact) mass is 445 g/mol. The fourth-order valence-corrected chi connectivity index (χ4v) is 4.30. The summed E-state index contributed by atoms with van der Waals surface area (Å²) in [6.07, 6.45) is 1.48. The molecule has 0 aliphatic rings. The molecule has 8 heteroatoms. The number of rotatable bonds is 9. The second kappa shape index (κ2) is 10.4. The van der Waals surface area contributed by atoms with Gasteiger partial charge in [-0.2, -0.15) is 0 Å². The number of amides is 2. The molecule has 0 unspecified atom stereocenters. The first-order chi connectivity index (χ1) is 14.6. The Kier molecular flexibility index (Phi) is 8.21. The van der Waals surface area contributed by atoms with E-state index in [0.717, 1.165) is 27.3 Å². The number of hydrogen-bond donors (Lipinski definition) is 1. The van der Waals surface area contributed by atoms with Gasteiger partial charge >= 0.3 is 0 Å². The molecule has 168 valence electrons. The Morgan fingerprint density at radius 2 is 1.74 bits per heavy atom. The van der Waals surface area contributed by atoms with Crippen molar-refractivity contribution >= 4 is 27.5 Å². The molecule has 0 radical (unpaired) electrons. The SMILES string of the molecule is CC[C@H](C(=O)NC)N(Cc1ccccc1C)C(=O)CN(c1cccc(C)c1)S(C)(=O)=O. The minimum atomic E-state index is -3.72. The molecule has 0 heterocycles. The summed E-state index contributed by atoms with van der Waals surface area (Å²) in [5.41, 5.74) is 3.19. The number of anilines is 1. The normalized spacial score (nSPS) is 12.2. The predicted molar refractivity (Wildman–Crippen MR) is 123 cm³/mol. The predicted octanol–water partition coefficient (Wildman–Crippen LogP) is 2.62. The summed E-state index contributed by atoms with van der Waals surface area (Å²) in [6.45, 7) is 5.45. The van der Waals surface area contributed by atoms with Gasteiger partial charge in [-0.1, -0.05) is 43.3 Å². The van der Waals surface area contributed by atoms with Crippen molar-refractivity contribution in [2.75, 3.05) is 24.2 Å². The Balaban J connectivity index is 2.44. The molecule has 2 aromatic carbocycles. The standard InChI is InChI=1S/C23H31N3O4S/c1-6-21(23(28)24-4)25(15-19-12-8-7-11-18(19)3)22(27)16-26(31(5,29)30)20-13-9-10-17(2)14-20/h7-14,21H,6,15-16H2,1-5H3,(H,24,28)/t21-/m1/s1. The van der Waals surface area contributed by atoms with Gasteiger partial charge in [-0.25, -0.2) is 8.42 Å². The van der Waals surface area contributed by atoms with Crippen LogP contribution in [0.2, 0.25) is 0 Å². The molecule has 0 spiro atoms. The average Bonchev–Trinajstić information content (AvgIpc) is 2.71. The molecule has 0 saturated heterocycles. The lowest BCUT2D eigenvalue weighted by Crippen LogP contribution is -2.51. The van der Waals surface area contributed by atoms with Gasteiger partial charge in [0.05, 0.1) is 11.9 Å². The van der Waals surface area contributed by atoms with E-state index in [1.54, 1.807) is 18.2 Å². The lowest BCUT2D eigenvalue weighted by Gasteiger charge is -2.33. The number of sulfonamides is 1. The van der Waals surface area contributed by atoms with Crippen LogP contribution in [0.5, 0.6) is 0 Å². The van der Waals surface area contributed by atoms with E-state index in [1.807, 2.05) is 51.1 Å². The number of aryl methyl sites for hydroxylation is 2. The van der Waals surface area contributed by atoms with Crippen LogP contribution in [0.4, 0.5) is 5.69 Å². The van der Waals surface area contributed by atoms with Gasteiger partial charge in [0.25, 0.3) is 0 Å². The third-order valence-electron chi connectivity index (χ3n) is 5.20. The summed E-state index contributed by atoms with van der Waals surface area (Å²) < 4.78 is 26.1. The first kappa shape index (κ1) is 24.4. The lowest BCUT2D eigenvalue weighted by atomic mass is 10.1.